The number of ketones is 2. The summed E-state index contributed by atoms with van der Waals surface area (Å²) in [6.45, 7) is 0. The Labute approximate surface area is 136 Å². The lowest BCUT2D eigenvalue weighted by Gasteiger charge is -2.04. The number of carbonyl (C=O) groups is 2. The minimum absolute atomic E-state index is 0.0196. The summed E-state index contributed by atoms with van der Waals surface area (Å²) in [6, 6.07) is 8.28. The third-order valence-electron chi connectivity index (χ3n) is 3.71. The average molecular weight is 325 g/mol. The summed E-state index contributed by atoms with van der Waals surface area (Å²) >= 11 is 0. The number of rotatable bonds is 3. The number of carbonyl (C=O) groups excluding carboxylic acids is 2. The number of nitro groups is 1. The Morgan fingerprint density at radius 3 is 2.58 bits per heavy atom. The minimum Gasteiger partial charge on any atom is -0.504 e. The second-order valence-electron chi connectivity index (χ2n) is 5.10. The van der Waals surface area contributed by atoms with Crippen LogP contribution in [0.4, 0.5) is 5.69 Å². The maximum Gasteiger partial charge on any atom is 0.281 e. The van der Waals surface area contributed by atoms with E-state index in [4.69, 9.17) is 4.74 Å². The normalized spacial score (nSPS) is 14.8. The molecule has 0 radical (unpaired) electrons. The smallest absolute Gasteiger partial charge is 0.281 e. The number of phenolic OH excluding ortho intramolecular Hbond substituents is 1. The van der Waals surface area contributed by atoms with E-state index in [2.05, 4.69) is 0 Å². The summed E-state index contributed by atoms with van der Waals surface area (Å²) in [4.78, 5) is 35.3. The summed E-state index contributed by atoms with van der Waals surface area (Å²) in [6.07, 6.45) is 1.33. The number of nitro benzene ring substituents is 1. The van der Waals surface area contributed by atoms with Crippen LogP contribution in [0.2, 0.25) is 0 Å². The second kappa shape index (κ2) is 5.62. The lowest BCUT2D eigenvalue weighted by molar-refractivity contribution is -0.385. The zero-order valence-corrected chi connectivity index (χ0v) is 12.5. The van der Waals surface area contributed by atoms with Crippen molar-refractivity contribution in [2.75, 3.05) is 7.11 Å². The standard InChI is InChI=1S/C17H11NO6/c1-24-14-8-9(5-6-13(14)19)7-11-16(20)10-3-2-4-12(18(22)23)15(10)17(11)21/h2-8,19H,1H3/b11-7-. The number of nitrogens with zero attached hydrogens (tertiary/aromatic N) is 1. The predicted octanol–water partition coefficient (Wildman–Crippen LogP) is 2.77. The van der Waals surface area contributed by atoms with E-state index < -0.39 is 22.2 Å². The summed E-state index contributed by atoms with van der Waals surface area (Å²) in [7, 11) is 1.37. The number of fused-ring (bicyclic) bond motifs is 1. The van der Waals surface area contributed by atoms with Gasteiger partial charge in [0, 0.05) is 11.6 Å². The average Bonchev–Trinajstić information content (AvgIpc) is 2.81. The Morgan fingerprint density at radius 2 is 1.92 bits per heavy atom. The van der Waals surface area contributed by atoms with Crippen LogP contribution >= 0.6 is 0 Å². The molecule has 3 rings (SSSR count). The maximum atomic E-state index is 12.5. The lowest BCUT2D eigenvalue weighted by Crippen LogP contribution is -2.02. The fraction of sp³-hybridized carbons (Fsp3) is 0.0588. The van der Waals surface area contributed by atoms with Crippen LogP contribution in [0, 0.1) is 10.1 Å². The highest BCUT2D eigenvalue weighted by Gasteiger charge is 2.38. The molecule has 24 heavy (non-hydrogen) atoms. The van der Waals surface area contributed by atoms with Gasteiger partial charge in [0.25, 0.3) is 5.69 Å². The van der Waals surface area contributed by atoms with Crippen LogP contribution in [0.5, 0.6) is 11.5 Å². The predicted molar refractivity (Wildman–Crippen MR) is 84.4 cm³/mol. The summed E-state index contributed by atoms with van der Waals surface area (Å²) in [5, 5.41) is 20.7. The van der Waals surface area contributed by atoms with Gasteiger partial charge in [0.1, 0.15) is 5.56 Å². The van der Waals surface area contributed by atoms with E-state index >= 15 is 0 Å². The van der Waals surface area contributed by atoms with Gasteiger partial charge in [-0.25, -0.2) is 0 Å². The van der Waals surface area contributed by atoms with Crippen molar-refractivity contribution < 1.29 is 24.4 Å². The van der Waals surface area contributed by atoms with Crippen LogP contribution in [0.3, 0.4) is 0 Å². The first-order chi connectivity index (χ1) is 11.4. The first-order valence-electron chi connectivity index (χ1n) is 6.89. The lowest BCUT2D eigenvalue weighted by atomic mass is 10.1. The molecule has 0 saturated heterocycles. The van der Waals surface area contributed by atoms with Gasteiger partial charge in [-0.15, -0.1) is 0 Å². The van der Waals surface area contributed by atoms with Crippen LogP contribution in [-0.4, -0.2) is 28.7 Å². The van der Waals surface area contributed by atoms with Gasteiger partial charge >= 0.3 is 0 Å². The number of phenols is 1. The van der Waals surface area contributed by atoms with Crippen molar-refractivity contribution in [3.8, 4) is 11.5 Å². The number of ether oxygens (including phenoxy) is 1. The summed E-state index contributed by atoms with van der Waals surface area (Å²) in [5.74, 6) is -1.14. The highest BCUT2D eigenvalue weighted by molar-refractivity contribution is 6.42. The van der Waals surface area contributed by atoms with Gasteiger partial charge in [-0.2, -0.15) is 0 Å². The van der Waals surface area contributed by atoms with Gasteiger partial charge in [-0.3, -0.25) is 19.7 Å². The molecule has 0 bridgehead atoms. The number of Topliss-reactive ketones (excluding diaryl/α,β-unsaturated/α-hetero) is 2. The van der Waals surface area contributed by atoms with E-state index in [1.807, 2.05) is 0 Å². The molecule has 0 amide bonds. The number of hydrogen-bond donors (Lipinski definition) is 1. The highest BCUT2D eigenvalue weighted by atomic mass is 16.6. The minimum atomic E-state index is -0.686. The Hall–Kier alpha value is -3.48. The SMILES string of the molecule is COc1cc(/C=C2/C(=O)c3cccc([N+](=O)[O-])c3C2=O)ccc1O. The summed E-state index contributed by atoms with van der Waals surface area (Å²) < 4.78 is 4.98. The van der Waals surface area contributed by atoms with E-state index in [1.54, 1.807) is 0 Å². The van der Waals surface area contributed by atoms with Crippen LogP contribution in [0.1, 0.15) is 26.3 Å². The van der Waals surface area contributed by atoms with Crippen molar-refractivity contribution in [3.63, 3.8) is 0 Å². The van der Waals surface area contributed by atoms with Gasteiger partial charge in [-0.1, -0.05) is 12.1 Å². The van der Waals surface area contributed by atoms with Crippen LogP contribution in [0.15, 0.2) is 42.0 Å². The van der Waals surface area contributed by atoms with Crippen molar-refractivity contribution in [2.24, 2.45) is 0 Å². The highest BCUT2D eigenvalue weighted by Crippen LogP contribution is 2.35. The molecule has 0 spiro atoms. The summed E-state index contributed by atoms with van der Waals surface area (Å²) in [5.41, 5.74) is -0.267. The van der Waals surface area contributed by atoms with Crippen LogP contribution in [0.25, 0.3) is 6.08 Å². The molecule has 1 N–H and O–H groups in total. The molecule has 0 aliphatic heterocycles. The van der Waals surface area contributed by atoms with E-state index in [0.29, 0.717) is 5.56 Å². The molecule has 0 aromatic heterocycles. The zero-order chi connectivity index (χ0) is 17.4. The fourth-order valence-electron chi connectivity index (χ4n) is 2.58. The number of aromatic hydroxyl groups is 1. The first kappa shape index (κ1) is 15.4. The molecule has 2 aromatic rings. The molecular formula is C17H11NO6. The number of methoxy groups -OCH3 is 1. The molecule has 7 heteroatoms. The van der Waals surface area contributed by atoms with Crippen molar-refractivity contribution in [3.05, 3.63) is 68.8 Å². The van der Waals surface area contributed by atoms with Crippen molar-refractivity contribution in [1.29, 1.82) is 0 Å². The Bertz CT molecular complexity index is 929. The van der Waals surface area contributed by atoms with Crippen molar-refractivity contribution in [2.45, 2.75) is 0 Å². The molecule has 0 heterocycles. The van der Waals surface area contributed by atoms with E-state index in [0.717, 1.165) is 0 Å². The van der Waals surface area contributed by atoms with Gasteiger partial charge in [-0.05, 0) is 29.8 Å². The van der Waals surface area contributed by atoms with E-state index in [9.17, 15) is 24.8 Å². The van der Waals surface area contributed by atoms with Gasteiger partial charge in [0.15, 0.2) is 17.3 Å². The quantitative estimate of drug-likeness (QED) is 0.402. The molecule has 0 saturated carbocycles. The molecule has 1 aliphatic rings. The molecular weight excluding hydrogens is 314 g/mol. The molecule has 0 atom stereocenters. The van der Waals surface area contributed by atoms with Gasteiger partial charge < -0.3 is 9.84 Å². The largest absolute Gasteiger partial charge is 0.504 e. The molecule has 120 valence electrons. The Balaban J connectivity index is 2.12. The molecule has 7 nitrogen and oxygen atoms in total. The van der Waals surface area contributed by atoms with Crippen LogP contribution in [-0.2, 0) is 0 Å². The molecule has 2 aromatic carbocycles. The van der Waals surface area contributed by atoms with Crippen molar-refractivity contribution in [1.82, 2.24) is 0 Å². The molecule has 0 fully saturated rings. The topological polar surface area (TPSA) is 107 Å². The van der Waals surface area contributed by atoms with Crippen molar-refractivity contribution >= 4 is 23.3 Å². The molecule has 1 aliphatic carbocycles. The van der Waals surface area contributed by atoms with Gasteiger partial charge in [0.2, 0.25) is 5.78 Å². The van der Waals surface area contributed by atoms with E-state index in [1.165, 1.54) is 49.6 Å². The monoisotopic (exact) mass is 325 g/mol. The first-order valence-corrected chi connectivity index (χ1v) is 6.89. The van der Waals surface area contributed by atoms with Gasteiger partial charge in [0.05, 0.1) is 17.6 Å². The number of benzene rings is 2. The van der Waals surface area contributed by atoms with E-state index in [-0.39, 0.29) is 28.2 Å². The second-order valence-corrected chi connectivity index (χ2v) is 5.10. The van der Waals surface area contributed by atoms with Crippen LogP contribution < -0.4 is 4.74 Å². The zero-order valence-electron chi connectivity index (χ0n) is 12.5. The third kappa shape index (κ3) is 2.32. The maximum absolute atomic E-state index is 12.5. The third-order valence-corrected chi connectivity index (χ3v) is 3.71. The Morgan fingerprint density at radius 1 is 1.17 bits per heavy atom. The molecule has 0 unspecified atom stereocenters. The Kier molecular flexibility index (Phi) is 3.61. The number of allylic oxidation sites excluding steroid dienone is 1. The fourth-order valence-corrected chi connectivity index (χ4v) is 2.58. The number of hydrogen-bond acceptors (Lipinski definition) is 6.